The quantitative estimate of drug-likeness (QED) is 0.759. The van der Waals surface area contributed by atoms with Gasteiger partial charge in [0, 0.05) is 6.54 Å². The standard InChI is InChI=1S/C17H15FN2O6/c1-26-15-12(13(21)14(15)22)19-9-5-2-4-8(11(9)18)16(23)20-7-3-6-10(20)17(24)25/h2,4-5,10,19H,3,6-7H2,1H3,(H,24,25). The number of hydrogen-bond donors (Lipinski definition) is 2. The van der Waals surface area contributed by atoms with Crippen LogP contribution in [-0.2, 0) is 4.79 Å². The van der Waals surface area contributed by atoms with Gasteiger partial charge in [0.1, 0.15) is 11.7 Å². The number of nitrogens with zero attached hydrogens (tertiary/aromatic N) is 1. The molecule has 9 heteroatoms. The van der Waals surface area contributed by atoms with Gasteiger partial charge in [-0.05, 0) is 25.0 Å². The molecule has 1 aliphatic heterocycles. The van der Waals surface area contributed by atoms with E-state index < -0.39 is 34.6 Å². The van der Waals surface area contributed by atoms with Crippen LogP contribution in [0.25, 0.3) is 0 Å². The zero-order valence-electron chi connectivity index (χ0n) is 13.7. The number of carboxylic acid groups (broad SMARTS) is 1. The van der Waals surface area contributed by atoms with Gasteiger partial charge in [-0.15, -0.1) is 0 Å². The fraction of sp³-hybridized carbons (Fsp3) is 0.294. The van der Waals surface area contributed by atoms with E-state index in [1.807, 2.05) is 0 Å². The first kappa shape index (κ1) is 17.6. The lowest BCUT2D eigenvalue weighted by Gasteiger charge is -2.22. The Kier molecular flexibility index (Phi) is 4.45. The first-order valence-corrected chi connectivity index (χ1v) is 7.83. The van der Waals surface area contributed by atoms with Crippen molar-refractivity contribution < 1.29 is 23.8 Å². The van der Waals surface area contributed by atoms with Crippen LogP contribution in [0.3, 0.4) is 0 Å². The van der Waals surface area contributed by atoms with Crippen LogP contribution < -0.4 is 20.9 Å². The van der Waals surface area contributed by atoms with Crippen molar-refractivity contribution in [3.05, 3.63) is 50.0 Å². The second kappa shape index (κ2) is 6.58. The molecule has 2 aromatic rings. The van der Waals surface area contributed by atoms with Gasteiger partial charge in [-0.1, -0.05) is 6.07 Å². The molecular formula is C17H15FN2O6. The summed E-state index contributed by atoms with van der Waals surface area (Å²) in [6.07, 6.45) is 0.824. The van der Waals surface area contributed by atoms with Crippen molar-refractivity contribution in [3.63, 3.8) is 0 Å². The third-order valence-corrected chi connectivity index (χ3v) is 4.36. The van der Waals surface area contributed by atoms with Gasteiger partial charge in [-0.3, -0.25) is 14.4 Å². The van der Waals surface area contributed by atoms with Gasteiger partial charge in [-0.25, -0.2) is 9.18 Å². The lowest BCUT2D eigenvalue weighted by molar-refractivity contribution is -0.141. The van der Waals surface area contributed by atoms with E-state index in [0.717, 1.165) is 4.90 Å². The first-order chi connectivity index (χ1) is 12.4. The number of ether oxygens (including phenoxy) is 1. The number of halogens is 1. The molecule has 0 bridgehead atoms. The Labute approximate surface area is 146 Å². The molecule has 0 aliphatic carbocycles. The molecule has 2 aromatic carbocycles. The van der Waals surface area contributed by atoms with Crippen LogP contribution in [0.4, 0.5) is 15.8 Å². The molecule has 1 unspecified atom stereocenters. The van der Waals surface area contributed by atoms with E-state index in [1.165, 1.54) is 25.3 Å². The van der Waals surface area contributed by atoms with Gasteiger partial charge in [0.25, 0.3) is 16.8 Å². The molecule has 136 valence electrons. The third-order valence-electron chi connectivity index (χ3n) is 4.36. The lowest BCUT2D eigenvalue weighted by atomic mass is 10.1. The van der Waals surface area contributed by atoms with Crippen molar-refractivity contribution in [2.45, 2.75) is 18.9 Å². The summed E-state index contributed by atoms with van der Waals surface area (Å²) in [6, 6.07) is 2.93. The number of likely N-dealkylation sites (tertiary alicyclic amines) is 1. The monoisotopic (exact) mass is 362 g/mol. The van der Waals surface area contributed by atoms with Crippen molar-refractivity contribution in [3.8, 4) is 5.75 Å². The van der Waals surface area contributed by atoms with Crippen LogP contribution in [0, 0.1) is 5.82 Å². The Morgan fingerprint density at radius 2 is 2.04 bits per heavy atom. The van der Waals surface area contributed by atoms with E-state index >= 15 is 0 Å². The highest BCUT2D eigenvalue weighted by molar-refractivity contribution is 5.98. The molecule has 26 heavy (non-hydrogen) atoms. The smallest absolute Gasteiger partial charge is 0.326 e. The van der Waals surface area contributed by atoms with Crippen LogP contribution in [0.5, 0.6) is 5.75 Å². The number of rotatable bonds is 5. The number of benzene rings is 1. The fourth-order valence-corrected chi connectivity index (χ4v) is 3.03. The number of anilines is 2. The molecule has 1 heterocycles. The predicted octanol–water partition coefficient (Wildman–Crippen LogP) is 0.863. The predicted molar refractivity (Wildman–Crippen MR) is 89.3 cm³/mol. The summed E-state index contributed by atoms with van der Waals surface area (Å²) < 4.78 is 19.5. The number of methoxy groups -OCH3 is 1. The van der Waals surface area contributed by atoms with Crippen molar-refractivity contribution in [2.24, 2.45) is 0 Å². The number of amides is 1. The molecule has 0 spiro atoms. The Morgan fingerprint density at radius 3 is 2.69 bits per heavy atom. The highest BCUT2D eigenvalue weighted by atomic mass is 19.1. The molecule has 0 aromatic heterocycles. The van der Waals surface area contributed by atoms with Crippen LogP contribution in [0.2, 0.25) is 0 Å². The molecule has 8 nitrogen and oxygen atoms in total. The van der Waals surface area contributed by atoms with Crippen LogP contribution >= 0.6 is 0 Å². The SMILES string of the molecule is COc1c(Nc2cccc(C(=O)N3CCCC3C(=O)O)c2F)c(=O)c1=O. The Hall–Kier alpha value is -3.23. The highest BCUT2D eigenvalue weighted by Crippen LogP contribution is 2.28. The molecule has 2 N–H and O–H groups in total. The normalized spacial score (nSPS) is 16.7. The first-order valence-electron chi connectivity index (χ1n) is 7.83. The van der Waals surface area contributed by atoms with Gasteiger partial charge in [0.2, 0.25) is 0 Å². The molecule has 1 atom stereocenters. The summed E-state index contributed by atoms with van der Waals surface area (Å²) >= 11 is 0. The molecule has 0 radical (unpaired) electrons. The van der Waals surface area contributed by atoms with E-state index in [2.05, 4.69) is 5.32 Å². The average Bonchev–Trinajstić information content (AvgIpc) is 3.12. The molecular weight excluding hydrogens is 347 g/mol. The van der Waals surface area contributed by atoms with Crippen molar-refractivity contribution >= 4 is 23.3 Å². The van der Waals surface area contributed by atoms with E-state index in [0.29, 0.717) is 12.8 Å². The van der Waals surface area contributed by atoms with Gasteiger partial charge < -0.3 is 20.1 Å². The van der Waals surface area contributed by atoms with E-state index in [1.54, 1.807) is 0 Å². The topological polar surface area (TPSA) is 113 Å². The lowest BCUT2D eigenvalue weighted by Crippen LogP contribution is -2.40. The second-order valence-corrected chi connectivity index (χ2v) is 5.85. The molecule has 1 saturated heterocycles. The minimum Gasteiger partial charge on any atom is -0.491 e. The van der Waals surface area contributed by atoms with Gasteiger partial charge in [0.05, 0.1) is 18.4 Å². The Balaban J connectivity index is 1.91. The summed E-state index contributed by atoms with van der Waals surface area (Å²) in [6.45, 7) is 0.221. The maximum atomic E-state index is 14.8. The van der Waals surface area contributed by atoms with Gasteiger partial charge >= 0.3 is 5.97 Å². The number of carbonyl (C=O) groups excluding carboxylic acids is 1. The summed E-state index contributed by atoms with van der Waals surface area (Å²) in [4.78, 5) is 47.9. The third kappa shape index (κ3) is 2.71. The van der Waals surface area contributed by atoms with E-state index in [9.17, 15) is 28.7 Å². The number of hydrogen-bond acceptors (Lipinski definition) is 6. The zero-order valence-corrected chi connectivity index (χ0v) is 13.7. The summed E-state index contributed by atoms with van der Waals surface area (Å²) in [7, 11) is 1.21. The summed E-state index contributed by atoms with van der Waals surface area (Å²) in [5.41, 5.74) is -2.36. The average molecular weight is 362 g/mol. The molecule has 1 amide bonds. The molecule has 1 fully saturated rings. The molecule has 3 rings (SSSR count). The van der Waals surface area contributed by atoms with E-state index in [4.69, 9.17) is 4.74 Å². The maximum absolute atomic E-state index is 14.8. The number of nitrogens with one attached hydrogen (secondary N) is 1. The van der Waals surface area contributed by atoms with Gasteiger partial charge in [-0.2, -0.15) is 0 Å². The van der Waals surface area contributed by atoms with Crippen LogP contribution in [0.15, 0.2) is 27.8 Å². The van der Waals surface area contributed by atoms with Crippen molar-refractivity contribution in [1.82, 2.24) is 4.90 Å². The van der Waals surface area contributed by atoms with Crippen LogP contribution in [-0.4, -0.2) is 41.6 Å². The molecule has 1 aliphatic rings. The number of aliphatic carboxylic acids is 1. The van der Waals surface area contributed by atoms with Crippen LogP contribution in [0.1, 0.15) is 23.2 Å². The van der Waals surface area contributed by atoms with E-state index in [-0.39, 0.29) is 29.2 Å². The van der Waals surface area contributed by atoms with Crippen molar-refractivity contribution in [1.29, 1.82) is 0 Å². The fourth-order valence-electron chi connectivity index (χ4n) is 3.03. The summed E-state index contributed by atoms with van der Waals surface area (Å²) in [5, 5.41) is 11.7. The summed E-state index contributed by atoms with van der Waals surface area (Å²) in [5.74, 6) is -3.03. The number of carbonyl (C=O) groups is 2. The minimum atomic E-state index is -1.14. The Bertz CT molecular complexity index is 963. The zero-order chi connectivity index (χ0) is 19.0. The largest absolute Gasteiger partial charge is 0.491 e. The van der Waals surface area contributed by atoms with Gasteiger partial charge in [0.15, 0.2) is 11.6 Å². The van der Waals surface area contributed by atoms with Crippen molar-refractivity contribution in [2.75, 3.05) is 19.0 Å². The number of carboxylic acids is 1. The maximum Gasteiger partial charge on any atom is 0.326 e. The minimum absolute atomic E-state index is 0.188. The second-order valence-electron chi connectivity index (χ2n) is 5.85. The molecule has 0 saturated carbocycles. The highest BCUT2D eigenvalue weighted by Gasteiger charge is 2.35. The Morgan fingerprint density at radius 1 is 1.31 bits per heavy atom.